The molecule has 0 atom stereocenters. The quantitative estimate of drug-likeness (QED) is 0.724. The summed E-state index contributed by atoms with van der Waals surface area (Å²) < 4.78 is 10.4. The van der Waals surface area contributed by atoms with Crippen LogP contribution in [0.25, 0.3) is 0 Å². The Morgan fingerprint density at radius 1 is 1.00 bits per heavy atom. The van der Waals surface area contributed by atoms with E-state index in [2.05, 4.69) is 9.80 Å². The highest BCUT2D eigenvalue weighted by Crippen LogP contribution is 2.18. The lowest BCUT2D eigenvalue weighted by molar-refractivity contribution is -0.156. The van der Waals surface area contributed by atoms with Gasteiger partial charge in [-0.2, -0.15) is 0 Å². The van der Waals surface area contributed by atoms with Crippen molar-refractivity contribution in [2.24, 2.45) is 0 Å². The van der Waals surface area contributed by atoms with Gasteiger partial charge in [0.1, 0.15) is 5.60 Å². The van der Waals surface area contributed by atoms with Crippen molar-refractivity contribution in [1.29, 1.82) is 0 Å². The van der Waals surface area contributed by atoms with E-state index in [-0.39, 0.29) is 11.9 Å². The second-order valence-electron chi connectivity index (χ2n) is 7.50. The van der Waals surface area contributed by atoms with Gasteiger partial charge in [-0.15, -0.1) is 0 Å². The van der Waals surface area contributed by atoms with Crippen molar-refractivity contribution in [2.45, 2.75) is 39.7 Å². The molecule has 6 nitrogen and oxygen atoms in total. The first-order chi connectivity index (χ1) is 12.3. The molecule has 1 aliphatic heterocycles. The monoisotopic (exact) mass is 362 g/mol. The van der Waals surface area contributed by atoms with Gasteiger partial charge < -0.3 is 14.4 Å². The highest BCUT2D eigenvalue weighted by Gasteiger charge is 2.22. The third-order valence-electron chi connectivity index (χ3n) is 4.10. The van der Waals surface area contributed by atoms with Gasteiger partial charge in [-0.25, -0.2) is 0 Å². The molecule has 0 unspecified atom stereocenters. The molecule has 0 radical (unpaired) electrons. The minimum atomic E-state index is -0.440. The molecule has 0 saturated carbocycles. The predicted octanol–water partition coefficient (Wildman–Crippen LogP) is 2.26. The maximum Gasteiger partial charge on any atom is 0.320 e. The lowest BCUT2D eigenvalue weighted by Gasteiger charge is -2.36. The molecule has 1 saturated heterocycles. The Kier molecular flexibility index (Phi) is 7.03. The van der Waals surface area contributed by atoms with Crippen molar-refractivity contribution in [3.63, 3.8) is 0 Å². The van der Waals surface area contributed by atoms with Crippen molar-refractivity contribution < 1.29 is 19.1 Å². The van der Waals surface area contributed by atoms with Crippen LogP contribution in [0.2, 0.25) is 0 Å². The zero-order valence-corrected chi connectivity index (χ0v) is 16.3. The molecule has 0 aliphatic carbocycles. The lowest BCUT2D eigenvalue weighted by Crippen LogP contribution is -2.48. The van der Waals surface area contributed by atoms with Crippen LogP contribution in [0.5, 0.6) is 0 Å². The normalized spacial score (nSPS) is 15.6. The van der Waals surface area contributed by atoms with Crippen molar-refractivity contribution >= 4 is 17.6 Å². The molecule has 1 aromatic rings. The van der Waals surface area contributed by atoms with Gasteiger partial charge in [-0.1, -0.05) is 12.1 Å². The van der Waals surface area contributed by atoms with Gasteiger partial charge >= 0.3 is 11.9 Å². The van der Waals surface area contributed by atoms with Gasteiger partial charge in [-0.05, 0) is 45.4 Å². The Morgan fingerprint density at radius 3 is 2.15 bits per heavy atom. The average molecular weight is 362 g/mol. The first-order valence-corrected chi connectivity index (χ1v) is 9.20. The summed E-state index contributed by atoms with van der Waals surface area (Å²) in [4.78, 5) is 27.9. The van der Waals surface area contributed by atoms with E-state index >= 15 is 0 Å². The number of carbonyl (C=O) groups excluding carboxylic acids is 2. The van der Waals surface area contributed by atoms with Gasteiger partial charge in [0.2, 0.25) is 0 Å². The summed E-state index contributed by atoms with van der Waals surface area (Å²) in [5.41, 5.74) is 1.65. The van der Waals surface area contributed by atoms with Crippen molar-refractivity contribution in [2.75, 3.05) is 44.2 Å². The first-order valence-electron chi connectivity index (χ1n) is 9.20. The van der Waals surface area contributed by atoms with Crippen molar-refractivity contribution in [3.05, 3.63) is 29.8 Å². The molecule has 0 aromatic heterocycles. The van der Waals surface area contributed by atoms with Crippen LogP contribution in [-0.2, 0) is 25.5 Å². The maximum atomic E-state index is 11.9. The summed E-state index contributed by atoms with van der Waals surface area (Å²) in [6, 6.07) is 8.02. The summed E-state index contributed by atoms with van der Waals surface area (Å²) in [6.07, 6.45) is 0.303. The van der Waals surface area contributed by atoms with Crippen LogP contribution < -0.4 is 4.90 Å². The van der Waals surface area contributed by atoms with E-state index in [1.807, 2.05) is 52.0 Å². The van der Waals surface area contributed by atoms with Crippen LogP contribution in [-0.4, -0.2) is 61.8 Å². The molecular weight excluding hydrogens is 332 g/mol. The van der Waals surface area contributed by atoms with Crippen LogP contribution in [0, 0.1) is 0 Å². The Balaban J connectivity index is 1.80. The van der Waals surface area contributed by atoms with Crippen LogP contribution in [0.15, 0.2) is 24.3 Å². The Labute approximate surface area is 156 Å². The maximum absolute atomic E-state index is 11.9. The average Bonchev–Trinajstić information content (AvgIpc) is 2.55. The van der Waals surface area contributed by atoms with E-state index < -0.39 is 5.60 Å². The number of nitrogens with zero attached hydrogens (tertiary/aromatic N) is 2. The van der Waals surface area contributed by atoms with Crippen LogP contribution >= 0.6 is 0 Å². The van der Waals surface area contributed by atoms with Crippen molar-refractivity contribution in [3.8, 4) is 0 Å². The topological polar surface area (TPSA) is 59.1 Å². The summed E-state index contributed by atoms with van der Waals surface area (Å²) in [5.74, 6) is -0.370. The smallest absolute Gasteiger partial charge is 0.320 e. The number of hydrogen-bond donors (Lipinski definition) is 0. The fourth-order valence-corrected chi connectivity index (χ4v) is 2.92. The van der Waals surface area contributed by atoms with Crippen molar-refractivity contribution in [1.82, 2.24) is 4.90 Å². The summed E-state index contributed by atoms with van der Waals surface area (Å²) >= 11 is 0. The fourth-order valence-electron chi connectivity index (χ4n) is 2.92. The van der Waals surface area contributed by atoms with E-state index in [1.165, 1.54) is 0 Å². The van der Waals surface area contributed by atoms with E-state index in [4.69, 9.17) is 9.47 Å². The summed E-state index contributed by atoms with van der Waals surface area (Å²) in [5, 5.41) is 0. The molecule has 6 heteroatoms. The number of benzene rings is 1. The van der Waals surface area contributed by atoms with Gasteiger partial charge in [-0.3, -0.25) is 14.5 Å². The molecule has 26 heavy (non-hydrogen) atoms. The number of piperazine rings is 1. The third-order valence-corrected chi connectivity index (χ3v) is 4.10. The molecule has 1 fully saturated rings. The second-order valence-corrected chi connectivity index (χ2v) is 7.50. The summed E-state index contributed by atoms with van der Waals surface area (Å²) in [6.45, 7) is 11.6. The number of ether oxygens (including phenoxy) is 2. The molecule has 144 valence electrons. The molecule has 1 heterocycles. The Hall–Kier alpha value is -2.08. The van der Waals surface area contributed by atoms with Gasteiger partial charge in [0, 0.05) is 31.9 Å². The molecule has 2 rings (SSSR count). The number of hydrogen-bond acceptors (Lipinski definition) is 6. The van der Waals surface area contributed by atoms with E-state index in [1.54, 1.807) is 0 Å². The highest BCUT2D eigenvalue weighted by atomic mass is 16.6. The Bertz CT molecular complexity index is 599. The molecule has 0 spiro atoms. The zero-order chi connectivity index (χ0) is 19.2. The van der Waals surface area contributed by atoms with Gasteiger partial charge in [0.05, 0.1) is 19.6 Å². The minimum Gasteiger partial charge on any atom is -0.466 e. The molecule has 1 aromatic carbocycles. The molecular formula is C20H30N2O4. The number of esters is 2. The fraction of sp³-hybridized carbons (Fsp3) is 0.600. The van der Waals surface area contributed by atoms with Crippen LogP contribution in [0.1, 0.15) is 33.3 Å². The second kappa shape index (κ2) is 9.03. The van der Waals surface area contributed by atoms with Gasteiger partial charge in [0.15, 0.2) is 0 Å². The molecule has 1 aliphatic rings. The number of anilines is 1. The van der Waals surface area contributed by atoms with Crippen LogP contribution in [0.4, 0.5) is 5.69 Å². The first kappa shape index (κ1) is 20.2. The predicted molar refractivity (Wildman–Crippen MR) is 101 cm³/mol. The van der Waals surface area contributed by atoms with E-state index in [0.717, 1.165) is 37.4 Å². The van der Waals surface area contributed by atoms with Crippen LogP contribution in [0.3, 0.4) is 0 Å². The Morgan fingerprint density at radius 2 is 1.62 bits per heavy atom. The van der Waals surface area contributed by atoms with E-state index in [9.17, 15) is 9.59 Å². The zero-order valence-electron chi connectivity index (χ0n) is 16.3. The third kappa shape index (κ3) is 6.67. The number of carbonyl (C=O) groups is 2. The molecule has 0 N–H and O–H groups in total. The minimum absolute atomic E-state index is 0.172. The molecule has 0 bridgehead atoms. The lowest BCUT2D eigenvalue weighted by atomic mass is 10.1. The highest BCUT2D eigenvalue weighted by molar-refractivity contribution is 5.73. The number of rotatable bonds is 6. The SMILES string of the molecule is CCOC(=O)Cc1ccc(N2CCN(CC(=O)OC(C)(C)C)CC2)cc1. The van der Waals surface area contributed by atoms with Gasteiger partial charge in [0.25, 0.3) is 0 Å². The largest absolute Gasteiger partial charge is 0.466 e. The van der Waals surface area contributed by atoms with E-state index in [0.29, 0.717) is 19.6 Å². The summed E-state index contributed by atoms with van der Waals surface area (Å²) in [7, 11) is 0. The standard InChI is InChI=1S/C20H30N2O4/c1-5-25-18(23)14-16-6-8-17(9-7-16)22-12-10-21(11-13-22)15-19(24)26-20(2,3)4/h6-9H,5,10-15H2,1-4H3. The molecule has 0 amide bonds.